The zero-order valence-electron chi connectivity index (χ0n) is 15.9. The molecule has 2 unspecified atom stereocenters. The summed E-state index contributed by atoms with van der Waals surface area (Å²) in [5.74, 6) is -1.05. The molecule has 0 radical (unpaired) electrons. The van der Waals surface area contributed by atoms with Crippen LogP contribution in [0.3, 0.4) is 0 Å². The highest BCUT2D eigenvalue weighted by Crippen LogP contribution is 2.40. The Morgan fingerprint density at radius 2 is 1.79 bits per heavy atom. The first kappa shape index (κ1) is 19.1. The van der Waals surface area contributed by atoms with Gasteiger partial charge in [-0.3, -0.25) is 4.79 Å². The summed E-state index contributed by atoms with van der Waals surface area (Å²) in [6, 6.07) is 15.2. The molecule has 1 amide bonds. The van der Waals surface area contributed by atoms with Crippen molar-refractivity contribution in [2.24, 2.45) is 5.92 Å². The molecule has 2 aliphatic heterocycles. The molecule has 2 saturated heterocycles. The lowest BCUT2D eigenvalue weighted by atomic mass is 9.84. The van der Waals surface area contributed by atoms with E-state index in [4.69, 9.17) is 10.00 Å². The van der Waals surface area contributed by atoms with Crippen LogP contribution in [0.5, 0.6) is 0 Å². The molecule has 2 fully saturated rings. The molecule has 2 aliphatic rings. The zero-order chi connectivity index (χ0) is 20.4. The topological polar surface area (TPSA) is 70.4 Å². The molecule has 6 heteroatoms. The number of hydrogen-bond acceptors (Lipinski definition) is 4. The monoisotopic (exact) mass is 392 g/mol. The van der Waals surface area contributed by atoms with Gasteiger partial charge in [-0.05, 0) is 49.4 Å². The van der Waals surface area contributed by atoms with E-state index in [1.54, 1.807) is 11.0 Å². The van der Waals surface area contributed by atoms with Crippen molar-refractivity contribution in [3.05, 3.63) is 71.0 Å². The molecule has 2 atom stereocenters. The van der Waals surface area contributed by atoms with E-state index in [-0.39, 0.29) is 47.6 Å². The molecule has 2 bridgehead atoms. The quantitative estimate of drug-likeness (QED) is 0.721. The van der Waals surface area contributed by atoms with Crippen LogP contribution < -0.4 is 0 Å². The minimum absolute atomic E-state index is 0.0331. The average molecular weight is 392 g/mol. The number of carbonyl (C=O) groups excluding carboxylic acids is 2. The van der Waals surface area contributed by atoms with Crippen molar-refractivity contribution in [1.82, 2.24) is 4.90 Å². The zero-order valence-corrected chi connectivity index (χ0v) is 15.9. The third-order valence-corrected chi connectivity index (χ3v) is 5.89. The highest BCUT2D eigenvalue weighted by atomic mass is 19.1. The molecule has 2 aromatic rings. The maximum absolute atomic E-state index is 13.9. The second-order valence-electron chi connectivity index (χ2n) is 7.67. The van der Waals surface area contributed by atoms with Crippen molar-refractivity contribution in [1.29, 1.82) is 5.26 Å². The van der Waals surface area contributed by atoms with Crippen molar-refractivity contribution in [3.63, 3.8) is 0 Å². The van der Waals surface area contributed by atoms with E-state index in [9.17, 15) is 14.0 Å². The smallest absolute Gasteiger partial charge is 0.410 e. The average Bonchev–Trinajstić information content (AvgIpc) is 3.01. The molecule has 0 aromatic heterocycles. The number of piperidine rings is 1. The highest BCUT2D eigenvalue weighted by molar-refractivity contribution is 5.98. The molecule has 0 spiro atoms. The molecule has 0 aliphatic carbocycles. The second-order valence-corrected chi connectivity index (χ2v) is 7.67. The number of nitriles is 1. The van der Waals surface area contributed by atoms with Gasteiger partial charge in [0, 0.05) is 23.6 Å². The highest BCUT2D eigenvalue weighted by Gasteiger charge is 2.46. The van der Waals surface area contributed by atoms with Crippen molar-refractivity contribution in [2.45, 2.75) is 44.4 Å². The number of rotatable bonds is 4. The van der Waals surface area contributed by atoms with Crippen molar-refractivity contribution in [3.8, 4) is 6.07 Å². The molecule has 4 rings (SSSR count). The predicted molar refractivity (Wildman–Crippen MR) is 103 cm³/mol. The third-order valence-electron chi connectivity index (χ3n) is 5.89. The maximum atomic E-state index is 13.9. The minimum atomic E-state index is -0.678. The SMILES string of the molecule is N#Cc1ccc(C(=O)C2CC3CCC(C2)N3C(=O)OCc2ccccc2)cc1F. The Balaban J connectivity index is 1.41. The Morgan fingerprint density at radius 1 is 1.10 bits per heavy atom. The Bertz CT molecular complexity index is 956. The Hall–Kier alpha value is -3.20. The number of benzene rings is 2. The number of ether oxygens (including phenoxy) is 1. The first-order chi connectivity index (χ1) is 14.1. The van der Waals surface area contributed by atoms with Gasteiger partial charge >= 0.3 is 6.09 Å². The van der Waals surface area contributed by atoms with Gasteiger partial charge in [-0.25, -0.2) is 9.18 Å². The molecule has 0 saturated carbocycles. The van der Waals surface area contributed by atoms with Crippen LogP contribution >= 0.6 is 0 Å². The number of carbonyl (C=O) groups is 2. The summed E-state index contributed by atoms with van der Waals surface area (Å²) in [5.41, 5.74) is 1.14. The number of halogens is 1. The second kappa shape index (κ2) is 8.04. The number of Topliss-reactive ketones (excluding diaryl/α,β-unsaturated/α-hetero) is 1. The summed E-state index contributed by atoms with van der Waals surface area (Å²) >= 11 is 0. The molecule has 2 aromatic carbocycles. The number of fused-ring (bicyclic) bond motifs is 2. The van der Waals surface area contributed by atoms with Gasteiger partial charge in [0.05, 0.1) is 5.56 Å². The van der Waals surface area contributed by atoms with Gasteiger partial charge < -0.3 is 9.64 Å². The van der Waals surface area contributed by atoms with E-state index in [1.165, 1.54) is 12.1 Å². The summed E-state index contributed by atoms with van der Waals surface area (Å²) in [7, 11) is 0. The van der Waals surface area contributed by atoms with E-state index >= 15 is 0 Å². The van der Waals surface area contributed by atoms with Gasteiger partial charge in [-0.15, -0.1) is 0 Å². The number of hydrogen-bond donors (Lipinski definition) is 0. The number of amides is 1. The first-order valence-electron chi connectivity index (χ1n) is 9.79. The molecular formula is C23H21FN2O3. The van der Waals surface area contributed by atoms with E-state index in [0.29, 0.717) is 12.8 Å². The fourth-order valence-corrected chi connectivity index (χ4v) is 4.48. The van der Waals surface area contributed by atoms with Crippen LogP contribution in [0.1, 0.15) is 47.2 Å². The van der Waals surface area contributed by atoms with Crippen LogP contribution in [0.15, 0.2) is 48.5 Å². The lowest BCUT2D eigenvalue weighted by molar-refractivity contribution is 0.0485. The summed E-state index contributed by atoms with van der Waals surface area (Å²) < 4.78 is 19.4. The van der Waals surface area contributed by atoms with Crippen molar-refractivity contribution in [2.75, 3.05) is 0 Å². The fraction of sp³-hybridized carbons (Fsp3) is 0.348. The van der Waals surface area contributed by atoms with E-state index in [0.717, 1.165) is 24.5 Å². The number of ketones is 1. The van der Waals surface area contributed by atoms with Crippen LogP contribution in [0.25, 0.3) is 0 Å². The summed E-state index contributed by atoms with van der Waals surface area (Å²) in [6.07, 6.45) is 2.46. The van der Waals surface area contributed by atoms with Gasteiger partial charge in [-0.2, -0.15) is 5.26 Å². The van der Waals surface area contributed by atoms with Gasteiger partial charge in [0.25, 0.3) is 0 Å². The molecular weight excluding hydrogens is 371 g/mol. The summed E-state index contributed by atoms with van der Waals surface area (Å²) in [5, 5.41) is 8.85. The predicted octanol–water partition coefficient (Wildman–Crippen LogP) is 4.46. The normalized spacial score (nSPS) is 22.8. The van der Waals surface area contributed by atoms with Crippen LogP contribution in [0, 0.1) is 23.1 Å². The van der Waals surface area contributed by atoms with Gasteiger partial charge in [-0.1, -0.05) is 30.3 Å². The third kappa shape index (κ3) is 3.86. The molecule has 0 N–H and O–H groups in total. The Kier molecular flexibility index (Phi) is 5.30. The fourth-order valence-electron chi connectivity index (χ4n) is 4.48. The lowest BCUT2D eigenvalue weighted by Crippen LogP contribution is -2.48. The molecule has 148 valence electrons. The standard InChI is InChI=1S/C23H21FN2O3/c24-21-12-16(6-7-17(21)13-25)22(27)18-10-19-8-9-20(11-18)26(19)23(28)29-14-15-4-2-1-3-5-15/h1-7,12,18-20H,8-11,14H2. The van der Waals surface area contributed by atoms with Crippen molar-refractivity contribution < 1.29 is 18.7 Å². The molecule has 5 nitrogen and oxygen atoms in total. The maximum Gasteiger partial charge on any atom is 0.410 e. The van der Waals surface area contributed by atoms with E-state index in [1.807, 2.05) is 30.3 Å². The van der Waals surface area contributed by atoms with Crippen LogP contribution in [0.4, 0.5) is 9.18 Å². The lowest BCUT2D eigenvalue weighted by Gasteiger charge is -2.37. The minimum Gasteiger partial charge on any atom is -0.445 e. The molecule has 2 heterocycles. The van der Waals surface area contributed by atoms with Crippen LogP contribution in [0.2, 0.25) is 0 Å². The largest absolute Gasteiger partial charge is 0.445 e. The Labute approximate surface area is 168 Å². The van der Waals surface area contributed by atoms with Gasteiger partial charge in [0.2, 0.25) is 0 Å². The number of nitrogens with zero attached hydrogens (tertiary/aromatic N) is 2. The van der Waals surface area contributed by atoms with Crippen LogP contribution in [-0.4, -0.2) is 28.9 Å². The van der Waals surface area contributed by atoms with Crippen LogP contribution in [-0.2, 0) is 11.3 Å². The van der Waals surface area contributed by atoms with Gasteiger partial charge in [0.15, 0.2) is 5.78 Å². The summed E-state index contributed by atoms with van der Waals surface area (Å²) in [6.45, 7) is 0.225. The Morgan fingerprint density at radius 3 is 2.41 bits per heavy atom. The van der Waals surface area contributed by atoms with E-state index < -0.39 is 5.82 Å². The van der Waals surface area contributed by atoms with Gasteiger partial charge in [0.1, 0.15) is 18.5 Å². The molecule has 29 heavy (non-hydrogen) atoms. The van der Waals surface area contributed by atoms with Crippen molar-refractivity contribution >= 4 is 11.9 Å². The summed E-state index contributed by atoms with van der Waals surface area (Å²) in [4.78, 5) is 27.3. The van der Waals surface area contributed by atoms with E-state index in [2.05, 4.69) is 0 Å². The first-order valence-corrected chi connectivity index (χ1v) is 9.79.